The SMILES string of the molecule is O=[N+]([O-])c1cc(C(F)(F)F)ccc1Oc1c(Br)cc(Br)cc1/C=N\O. The molecule has 0 spiro atoms. The Morgan fingerprint density at radius 2 is 1.92 bits per heavy atom. The molecule has 6 nitrogen and oxygen atoms in total. The summed E-state index contributed by atoms with van der Waals surface area (Å²) in [6.45, 7) is 0. The van der Waals surface area contributed by atoms with E-state index in [1.807, 2.05) is 0 Å². The van der Waals surface area contributed by atoms with Gasteiger partial charge in [-0.2, -0.15) is 13.2 Å². The van der Waals surface area contributed by atoms with Gasteiger partial charge in [-0.25, -0.2) is 0 Å². The van der Waals surface area contributed by atoms with Crippen LogP contribution in [0.15, 0.2) is 44.4 Å². The Bertz CT molecular complexity index is 857. The average molecular weight is 484 g/mol. The van der Waals surface area contributed by atoms with Crippen molar-refractivity contribution in [3.8, 4) is 11.5 Å². The third-order valence-corrected chi connectivity index (χ3v) is 3.98. The quantitative estimate of drug-likeness (QED) is 0.260. The first-order valence-electron chi connectivity index (χ1n) is 6.33. The number of benzene rings is 2. The molecule has 0 unspecified atom stereocenters. The van der Waals surface area contributed by atoms with Crippen molar-refractivity contribution in [2.24, 2.45) is 5.16 Å². The van der Waals surface area contributed by atoms with Gasteiger partial charge in [0.15, 0.2) is 5.75 Å². The smallest absolute Gasteiger partial charge is 0.416 e. The first kappa shape index (κ1) is 19.2. The minimum atomic E-state index is -4.73. The minimum absolute atomic E-state index is 0.0314. The predicted molar refractivity (Wildman–Crippen MR) is 89.4 cm³/mol. The molecule has 0 aromatic heterocycles. The summed E-state index contributed by atoms with van der Waals surface area (Å²) in [4.78, 5) is 10.1. The van der Waals surface area contributed by atoms with Gasteiger partial charge in [0.1, 0.15) is 0 Å². The van der Waals surface area contributed by atoms with Crippen molar-refractivity contribution in [3.63, 3.8) is 0 Å². The van der Waals surface area contributed by atoms with Gasteiger partial charge in [0.25, 0.3) is 0 Å². The van der Waals surface area contributed by atoms with Crippen molar-refractivity contribution in [1.82, 2.24) is 0 Å². The van der Waals surface area contributed by atoms with Crippen molar-refractivity contribution in [1.29, 1.82) is 0 Å². The van der Waals surface area contributed by atoms with E-state index >= 15 is 0 Å². The summed E-state index contributed by atoms with van der Waals surface area (Å²) >= 11 is 6.39. The molecule has 0 heterocycles. The highest BCUT2D eigenvalue weighted by Gasteiger charge is 2.33. The van der Waals surface area contributed by atoms with Crippen LogP contribution >= 0.6 is 31.9 Å². The van der Waals surface area contributed by atoms with E-state index in [-0.39, 0.29) is 11.3 Å². The van der Waals surface area contributed by atoms with E-state index in [2.05, 4.69) is 37.0 Å². The summed E-state index contributed by atoms with van der Waals surface area (Å²) in [5, 5.41) is 22.7. The highest BCUT2D eigenvalue weighted by atomic mass is 79.9. The Labute approximate surface area is 155 Å². The van der Waals surface area contributed by atoms with E-state index in [4.69, 9.17) is 9.94 Å². The van der Waals surface area contributed by atoms with E-state index < -0.39 is 28.1 Å². The van der Waals surface area contributed by atoms with E-state index in [0.717, 1.165) is 12.3 Å². The fourth-order valence-corrected chi connectivity index (χ4v) is 3.22. The zero-order valence-electron chi connectivity index (χ0n) is 11.9. The maximum absolute atomic E-state index is 12.7. The number of alkyl halides is 3. The largest absolute Gasteiger partial charge is 0.448 e. The summed E-state index contributed by atoms with van der Waals surface area (Å²) in [6, 6.07) is 4.97. The van der Waals surface area contributed by atoms with Crippen LogP contribution in [0.4, 0.5) is 18.9 Å². The standard InChI is InChI=1S/C14H7Br2F3N2O4/c15-9-3-7(6-20-22)13(10(16)5-9)25-12-2-1-8(14(17,18)19)4-11(12)21(23)24/h1-6,22H/b20-6-. The molecule has 0 amide bonds. The van der Waals surface area contributed by atoms with Gasteiger partial charge < -0.3 is 9.94 Å². The van der Waals surface area contributed by atoms with Crippen molar-refractivity contribution in [2.75, 3.05) is 0 Å². The van der Waals surface area contributed by atoms with Crippen molar-refractivity contribution < 1.29 is 28.0 Å². The van der Waals surface area contributed by atoms with Gasteiger partial charge in [0.2, 0.25) is 5.75 Å². The van der Waals surface area contributed by atoms with Crippen molar-refractivity contribution in [3.05, 3.63) is 60.5 Å². The monoisotopic (exact) mass is 482 g/mol. The predicted octanol–water partition coefficient (Wildman–Crippen LogP) is 5.74. The number of nitrogens with zero attached hydrogens (tertiary/aromatic N) is 2. The third-order valence-electron chi connectivity index (χ3n) is 2.93. The van der Waals surface area contributed by atoms with Crippen LogP contribution in [0.25, 0.3) is 0 Å². The van der Waals surface area contributed by atoms with Gasteiger partial charge in [-0.1, -0.05) is 21.1 Å². The molecule has 132 valence electrons. The topological polar surface area (TPSA) is 85.0 Å². The molecule has 25 heavy (non-hydrogen) atoms. The second kappa shape index (κ2) is 7.40. The lowest BCUT2D eigenvalue weighted by Crippen LogP contribution is -2.06. The zero-order chi connectivity index (χ0) is 18.8. The van der Waals surface area contributed by atoms with E-state index in [9.17, 15) is 23.3 Å². The number of rotatable bonds is 4. The number of ether oxygens (including phenoxy) is 1. The van der Waals surface area contributed by atoms with Gasteiger partial charge in [0.05, 0.1) is 21.2 Å². The van der Waals surface area contributed by atoms with Crippen LogP contribution in [-0.2, 0) is 6.18 Å². The molecular formula is C14H7Br2F3N2O4. The molecule has 0 aliphatic rings. The molecule has 0 saturated carbocycles. The number of hydrogen-bond acceptors (Lipinski definition) is 5. The van der Waals surface area contributed by atoms with Gasteiger partial charge in [0, 0.05) is 16.1 Å². The maximum atomic E-state index is 12.7. The summed E-state index contributed by atoms with van der Waals surface area (Å²) < 4.78 is 44.6. The number of nitro groups is 1. The van der Waals surface area contributed by atoms with E-state index in [1.54, 1.807) is 6.07 Å². The summed E-state index contributed by atoms with van der Waals surface area (Å²) in [5.74, 6) is -0.363. The first-order valence-corrected chi connectivity index (χ1v) is 7.92. The second-order valence-corrected chi connectivity index (χ2v) is 6.36. The first-order chi connectivity index (χ1) is 11.6. The van der Waals surface area contributed by atoms with Crippen LogP contribution in [0.2, 0.25) is 0 Å². The van der Waals surface area contributed by atoms with Gasteiger partial charge in [-0.3, -0.25) is 10.1 Å². The minimum Gasteiger partial charge on any atom is -0.448 e. The third kappa shape index (κ3) is 4.48. The lowest BCUT2D eigenvalue weighted by molar-refractivity contribution is -0.385. The average Bonchev–Trinajstić information content (AvgIpc) is 2.49. The normalized spacial score (nSPS) is 11.7. The molecule has 0 aliphatic heterocycles. The number of nitro benzene ring substituents is 1. The Balaban J connectivity index is 2.56. The molecule has 11 heteroatoms. The highest BCUT2D eigenvalue weighted by molar-refractivity contribution is 9.11. The molecule has 2 aromatic rings. The molecule has 2 aromatic carbocycles. The fraction of sp³-hybridized carbons (Fsp3) is 0.0714. The zero-order valence-corrected chi connectivity index (χ0v) is 15.1. The molecular weight excluding hydrogens is 477 g/mol. The van der Waals surface area contributed by atoms with E-state index in [1.165, 1.54) is 6.07 Å². The molecule has 2 rings (SSSR count). The van der Waals surface area contributed by atoms with Gasteiger partial charge in [-0.15, -0.1) is 0 Å². The number of oxime groups is 1. The van der Waals surface area contributed by atoms with Crippen LogP contribution in [0.1, 0.15) is 11.1 Å². The Hall–Kier alpha value is -2.14. The highest BCUT2D eigenvalue weighted by Crippen LogP contribution is 2.41. The number of halogens is 5. The van der Waals surface area contributed by atoms with Crippen molar-refractivity contribution >= 4 is 43.8 Å². The molecule has 0 aliphatic carbocycles. The van der Waals surface area contributed by atoms with Crippen molar-refractivity contribution in [2.45, 2.75) is 6.18 Å². The fourth-order valence-electron chi connectivity index (χ4n) is 1.88. The lowest BCUT2D eigenvalue weighted by atomic mass is 10.1. The van der Waals surface area contributed by atoms with Crippen LogP contribution in [-0.4, -0.2) is 16.3 Å². The Morgan fingerprint density at radius 3 is 2.48 bits per heavy atom. The van der Waals surface area contributed by atoms with Crippen LogP contribution in [0, 0.1) is 10.1 Å². The Morgan fingerprint density at radius 1 is 1.24 bits per heavy atom. The Kier molecular flexibility index (Phi) is 5.68. The van der Waals surface area contributed by atoms with Gasteiger partial charge in [-0.05, 0) is 40.2 Å². The molecule has 0 bridgehead atoms. The van der Waals surface area contributed by atoms with E-state index in [0.29, 0.717) is 21.1 Å². The lowest BCUT2D eigenvalue weighted by Gasteiger charge is -2.13. The summed E-state index contributed by atoms with van der Waals surface area (Å²) in [5.41, 5.74) is -1.78. The second-order valence-electron chi connectivity index (χ2n) is 4.59. The van der Waals surface area contributed by atoms with Crippen LogP contribution in [0.5, 0.6) is 11.5 Å². The summed E-state index contributed by atoms with van der Waals surface area (Å²) in [6.07, 6.45) is -3.71. The molecule has 1 N–H and O–H groups in total. The van der Waals surface area contributed by atoms with Crippen LogP contribution in [0.3, 0.4) is 0 Å². The van der Waals surface area contributed by atoms with Crippen LogP contribution < -0.4 is 4.74 Å². The molecule has 0 saturated heterocycles. The molecule has 0 fully saturated rings. The summed E-state index contributed by atoms with van der Waals surface area (Å²) in [7, 11) is 0. The molecule has 0 radical (unpaired) electrons. The van der Waals surface area contributed by atoms with Gasteiger partial charge >= 0.3 is 11.9 Å². The maximum Gasteiger partial charge on any atom is 0.416 e. The molecule has 0 atom stereocenters. The number of hydrogen-bond donors (Lipinski definition) is 1.